The SMILES string of the molecule is CCOC(=O)C1=C(C)N(C)C(=O)N[C@@H]1c1cccc(OC)c1OC. The van der Waals surface area contributed by atoms with E-state index in [1.165, 1.54) is 19.1 Å². The van der Waals surface area contributed by atoms with Crippen LogP contribution in [0.5, 0.6) is 11.5 Å². The van der Waals surface area contributed by atoms with E-state index in [4.69, 9.17) is 14.2 Å². The molecule has 1 aromatic rings. The summed E-state index contributed by atoms with van der Waals surface area (Å²) in [5, 5.41) is 2.82. The van der Waals surface area contributed by atoms with Gasteiger partial charge in [-0.1, -0.05) is 12.1 Å². The molecule has 1 aromatic carbocycles. The molecular weight excluding hydrogens is 312 g/mol. The molecule has 7 heteroatoms. The van der Waals surface area contributed by atoms with Crippen molar-refractivity contribution in [3.63, 3.8) is 0 Å². The molecule has 130 valence electrons. The second-order valence-electron chi connectivity index (χ2n) is 5.24. The molecule has 0 spiro atoms. The molecule has 1 atom stereocenters. The molecule has 0 aromatic heterocycles. The average molecular weight is 334 g/mol. The monoisotopic (exact) mass is 334 g/mol. The molecule has 24 heavy (non-hydrogen) atoms. The number of carbonyl (C=O) groups is 2. The highest BCUT2D eigenvalue weighted by atomic mass is 16.5. The number of ether oxygens (including phenoxy) is 3. The van der Waals surface area contributed by atoms with Gasteiger partial charge in [0, 0.05) is 18.3 Å². The van der Waals surface area contributed by atoms with Crippen molar-refractivity contribution in [2.45, 2.75) is 19.9 Å². The predicted molar refractivity (Wildman–Crippen MR) is 87.9 cm³/mol. The van der Waals surface area contributed by atoms with Crippen LogP contribution >= 0.6 is 0 Å². The van der Waals surface area contributed by atoms with Gasteiger partial charge in [0.1, 0.15) is 0 Å². The topological polar surface area (TPSA) is 77.1 Å². The van der Waals surface area contributed by atoms with Gasteiger partial charge in [-0.3, -0.25) is 0 Å². The van der Waals surface area contributed by atoms with E-state index in [1.54, 1.807) is 39.1 Å². The summed E-state index contributed by atoms with van der Waals surface area (Å²) in [6, 6.07) is 4.32. The molecule has 2 amide bonds. The minimum atomic E-state index is -0.683. The van der Waals surface area contributed by atoms with E-state index in [9.17, 15) is 9.59 Å². The Kier molecular flexibility index (Phi) is 5.33. The second-order valence-corrected chi connectivity index (χ2v) is 5.24. The highest BCUT2D eigenvalue weighted by Crippen LogP contribution is 2.40. The lowest BCUT2D eigenvalue weighted by Gasteiger charge is -2.33. The molecule has 0 unspecified atom stereocenters. The molecule has 1 aliphatic rings. The summed E-state index contributed by atoms with van der Waals surface area (Å²) >= 11 is 0. The van der Waals surface area contributed by atoms with E-state index < -0.39 is 12.0 Å². The lowest BCUT2D eigenvalue weighted by molar-refractivity contribution is -0.139. The van der Waals surface area contributed by atoms with Crippen LogP contribution in [0.1, 0.15) is 25.5 Å². The first kappa shape index (κ1) is 17.7. The molecule has 1 heterocycles. The average Bonchev–Trinajstić information content (AvgIpc) is 2.58. The van der Waals surface area contributed by atoms with Crippen LogP contribution < -0.4 is 14.8 Å². The summed E-state index contributed by atoms with van der Waals surface area (Å²) in [5.74, 6) is 0.505. The van der Waals surface area contributed by atoms with Gasteiger partial charge in [0.2, 0.25) is 0 Å². The van der Waals surface area contributed by atoms with E-state index in [0.29, 0.717) is 28.3 Å². The van der Waals surface area contributed by atoms with Crippen molar-refractivity contribution in [1.29, 1.82) is 0 Å². The minimum absolute atomic E-state index is 0.245. The normalized spacial score (nSPS) is 17.5. The van der Waals surface area contributed by atoms with Crippen LogP contribution in [-0.2, 0) is 9.53 Å². The Morgan fingerprint density at radius 2 is 2.00 bits per heavy atom. The standard InChI is InChI=1S/C17H22N2O5/c1-6-24-16(20)13-10(2)19(3)17(21)18-14(13)11-8-7-9-12(22-4)15(11)23-5/h7-9,14H,6H2,1-5H3,(H,18,21)/t14-/m1/s1. The second kappa shape index (κ2) is 7.25. The van der Waals surface area contributed by atoms with E-state index in [2.05, 4.69) is 5.32 Å². The maximum Gasteiger partial charge on any atom is 0.338 e. The Labute approximate surface area is 141 Å². The zero-order chi connectivity index (χ0) is 17.9. The Morgan fingerprint density at radius 1 is 1.29 bits per heavy atom. The number of amides is 2. The van der Waals surface area contributed by atoms with Crippen molar-refractivity contribution < 1.29 is 23.8 Å². The third-order valence-corrected chi connectivity index (χ3v) is 3.99. The van der Waals surface area contributed by atoms with Crippen molar-refractivity contribution in [3.05, 3.63) is 35.0 Å². The number of para-hydroxylation sites is 1. The Balaban J connectivity index is 2.62. The summed E-state index contributed by atoms with van der Waals surface area (Å²) in [7, 11) is 4.64. The molecule has 0 radical (unpaired) electrons. The van der Waals surface area contributed by atoms with Gasteiger partial charge >= 0.3 is 12.0 Å². The third-order valence-electron chi connectivity index (χ3n) is 3.99. The number of nitrogens with one attached hydrogen (secondary N) is 1. The number of hydrogen-bond donors (Lipinski definition) is 1. The molecule has 0 bridgehead atoms. The number of hydrogen-bond acceptors (Lipinski definition) is 5. The zero-order valence-electron chi connectivity index (χ0n) is 14.5. The van der Waals surface area contributed by atoms with Crippen LogP contribution in [0.3, 0.4) is 0 Å². The first-order valence-corrected chi connectivity index (χ1v) is 7.59. The summed E-state index contributed by atoms with van der Waals surface area (Å²) in [5.41, 5.74) is 1.53. The van der Waals surface area contributed by atoms with Crippen LogP contribution in [0, 0.1) is 0 Å². The maximum absolute atomic E-state index is 12.5. The molecule has 0 saturated heterocycles. The fourth-order valence-electron chi connectivity index (χ4n) is 2.68. The Morgan fingerprint density at radius 3 is 2.58 bits per heavy atom. The van der Waals surface area contributed by atoms with Gasteiger partial charge in [-0.25, -0.2) is 9.59 Å². The summed E-state index contributed by atoms with van der Waals surface area (Å²) in [6.07, 6.45) is 0. The lowest BCUT2D eigenvalue weighted by atomic mass is 9.94. The molecule has 0 saturated carbocycles. The number of rotatable bonds is 5. The smallest absolute Gasteiger partial charge is 0.338 e. The molecular formula is C17H22N2O5. The number of allylic oxidation sites excluding steroid dienone is 1. The molecule has 0 fully saturated rings. The summed E-state index contributed by atoms with van der Waals surface area (Å²) in [6.45, 7) is 3.69. The van der Waals surface area contributed by atoms with E-state index in [-0.39, 0.29) is 12.6 Å². The van der Waals surface area contributed by atoms with Crippen molar-refractivity contribution in [2.75, 3.05) is 27.9 Å². The van der Waals surface area contributed by atoms with E-state index in [1.807, 2.05) is 0 Å². The van der Waals surface area contributed by atoms with Gasteiger partial charge in [0.05, 0.1) is 32.4 Å². The van der Waals surface area contributed by atoms with Crippen molar-refractivity contribution in [2.24, 2.45) is 0 Å². The van der Waals surface area contributed by atoms with E-state index >= 15 is 0 Å². The number of esters is 1. The number of urea groups is 1. The molecule has 1 N–H and O–H groups in total. The van der Waals surface area contributed by atoms with Crippen LogP contribution in [-0.4, -0.2) is 44.8 Å². The predicted octanol–water partition coefficient (Wildman–Crippen LogP) is 2.24. The fourth-order valence-corrected chi connectivity index (χ4v) is 2.68. The Hall–Kier alpha value is -2.70. The van der Waals surface area contributed by atoms with Gasteiger partial charge in [-0.05, 0) is 19.9 Å². The van der Waals surface area contributed by atoms with Gasteiger partial charge in [0.25, 0.3) is 0 Å². The minimum Gasteiger partial charge on any atom is -0.493 e. The quantitative estimate of drug-likeness (QED) is 0.836. The first-order chi connectivity index (χ1) is 11.5. The van der Waals surface area contributed by atoms with E-state index in [0.717, 1.165) is 0 Å². The number of carbonyl (C=O) groups excluding carboxylic acids is 2. The van der Waals surface area contributed by atoms with Gasteiger partial charge in [0.15, 0.2) is 11.5 Å². The Bertz CT molecular complexity index is 684. The van der Waals surface area contributed by atoms with Crippen molar-refractivity contribution >= 4 is 12.0 Å². The highest BCUT2D eigenvalue weighted by Gasteiger charge is 2.36. The van der Waals surface area contributed by atoms with Gasteiger partial charge in [-0.15, -0.1) is 0 Å². The third kappa shape index (κ3) is 3.02. The first-order valence-electron chi connectivity index (χ1n) is 7.59. The highest BCUT2D eigenvalue weighted by molar-refractivity contribution is 5.95. The summed E-state index contributed by atoms with van der Waals surface area (Å²) in [4.78, 5) is 26.1. The van der Waals surface area contributed by atoms with Crippen molar-refractivity contribution in [1.82, 2.24) is 10.2 Å². The van der Waals surface area contributed by atoms with Crippen LogP contribution in [0.15, 0.2) is 29.5 Å². The van der Waals surface area contributed by atoms with Crippen molar-refractivity contribution in [3.8, 4) is 11.5 Å². The largest absolute Gasteiger partial charge is 0.493 e. The summed E-state index contributed by atoms with van der Waals surface area (Å²) < 4.78 is 15.9. The fraction of sp³-hybridized carbons (Fsp3) is 0.412. The number of nitrogens with zero attached hydrogens (tertiary/aromatic N) is 1. The zero-order valence-corrected chi connectivity index (χ0v) is 14.5. The van der Waals surface area contributed by atoms with Gasteiger partial charge < -0.3 is 24.4 Å². The molecule has 7 nitrogen and oxygen atoms in total. The van der Waals surface area contributed by atoms with Crippen LogP contribution in [0.25, 0.3) is 0 Å². The molecule has 2 rings (SSSR count). The number of methoxy groups -OCH3 is 2. The molecule has 1 aliphatic heterocycles. The number of benzene rings is 1. The molecule has 0 aliphatic carbocycles. The maximum atomic E-state index is 12.5. The van der Waals surface area contributed by atoms with Crippen LogP contribution in [0.4, 0.5) is 4.79 Å². The van der Waals surface area contributed by atoms with Gasteiger partial charge in [-0.2, -0.15) is 0 Å². The lowest BCUT2D eigenvalue weighted by Crippen LogP contribution is -2.46. The van der Waals surface area contributed by atoms with Crippen LogP contribution in [0.2, 0.25) is 0 Å².